The molecule has 0 spiro atoms. The van der Waals surface area contributed by atoms with E-state index in [2.05, 4.69) is 15.5 Å². The van der Waals surface area contributed by atoms with E-state index in [0.29, 0.717) is 42.8 Å². The summed E-state index contributed by atoms with van der Waals surface area (Å²) >= 11 is 0. The van der Waals surface area contributed by atoms with E-state index in [1.807, 2.05) is 0 Å². The van der Waals surface area contributed by atoms with E-state index >= 15 is 0 Å². The molecule has 178 valence electrons. The molecule has 33 heavy (non-hydrogen) atoms. The Balaban J connectivity index is 2.27. The number of carbonyl (C=O) groups is 1. The minimum atomic E-state index is -5.03. The molecule has 7 nitrogen and oxygen atoms in total. The molecule has 2 rings (SSSR count). The van der Waals surface area contributed by atoms with Crippen LogP contribution < -0.4 is 22.5 Å². The van der Waals surface area contributed by atoms with Crippen LogP contribution in [-0.4, -0.2) is 30.7 Å². The van der Waals surface area contributed by atoms with Gasteiger partial charge in [-0.25, -0.2) is 0 Å². The molecule has 7 N–H and O–H groups in total. The van der Waals surface area contributed by atoms with Crippen LogP contribution in [0.25, 0.3) is 0 Å². The number of nitrogens with zero attached hydrogens (tertiary/aromatic N) is 2. The van der Waals surface area contributed by atoms with Gasteiger partial charge in [0.15, 0.2) is 11.7 Å². The van der Waals surface area contributed by atoms with E-state index in [9.17, 15) is 31.1 Å². The summed E-state index contributed by atoms with van der Waals surface area (Å²) in [5, 5.41) is 9.68. The Hall–Kier alpha value is -3.61. The molecule has 0 radical (unpaired) electrons. The number of amides is 1. The van der Waals surface area contributed by atoms with Crippen LogP contribution in [0.15, 0.2) is 52.7 Å². The van der Waals surface area contributed by atoms with Crippen molar-refractivity contribution in [2.24, 2.45) is 27.4 Å². The third-order valence-corrected chi connectivity index (χ3v) is 4.26. The number of amidine groups is 2. The third kappa shape index (κ3) is 7.20. The van der Waals surface area contributed by atoms with E-state index < -0.39 is 34.9 Å². The molecule has 0 fully saturated rings. The molecule has 0 heterocycles. The van der Waals surface area contributed by atoms with Gasteiger partial charge in [-0.1, -0.05) is 12.1 Å². The number of hydrogen-bond donors (Lipinski definition) is 4. The van der Waals surface area contributed by atoms with Gasteiger partial charge in [-0.2, -0.15) is 26.3 Å². The van der Waals surface area contributed by atoms with Crippen LogP contribution in [0.3, 0.4) is 0 Å². The van der Waals surface area contributed by atoms with Crippen molar-refractivity contribution in [3.8, 4) is 0 Å². The Kier molecular flexibility index (Phi) is 8.03. The summed E-state index contributed by atoms with van der Waals surface area (Å²) in [5.74, 6) is -1.26. The third-order valence-electron chi connectivity index (χ3n) is 4.26. The van der Waals surface area contributed by atoms with Crippen LogP contribution >= 0.6 is 0 Å². The maximum absolute atomic E-state index is 13.0. The highest BCUT2D eigenvalue weighted by atomic mass is 19.4. The van der Waals surface area contributed by atoms with Crippen molar-refractivity contribution >= 4 is 17.6 Å². The second-order valence-corrected chi connectivity index (χ2v) is 6.74. The van der Waals surface area contributed by atoms with Gasteiger partial charge in [0.1, 0.15) is 0 Å². The Bertz CT molecular complexity index is 1010. The maximum Gasteiger partial charge on any atom is 0.416 e. The van der Waals surface area contributed by atoms with Crippen molar-refractivity contribution in [2.45, 2.75) is 18.8 Å². The molecule has 13 heteroatoms. The summed E-state index contributed by atoms with van der Waals surface area (Å²) in [6.07, 6.45) is -9.45. The van der Waals surface area contributed by atoms with Crippen molar-refractivity contribution in [2.75, 3.05) is 13.1 Å². The zero-order chi connectivity index (χ0) is 24.8. The molecule has 0 bridgehead atoms. The zero-order valence-corrected chi connectivity index (χ0v) is 17.0. The Morgan fingerprint density at radius 3 is 1.70 bits per heavy atom. The van der Waals surface area contributed by atoms with E-state index in [4.69, 9.17) is 17.2 Å². The average molecular weight is 474 g/mol. The predicted molar refractivity (Wildman–Crippen MR) is 110 cm³/mol. The molecular formula is C20H20F6N6O. The standard InChI is InChI=1S/C20H20F6N6O/c21-19(22,23)14-8-13(9-15(10-14)20(24,25)26)17(29)32-31-16(28)11-2-4-12(5-3-11)18(33)30-7-1-6-27/h2-5,8-10H,1,6-7,27H2,(H2,28,31)(H2,29,32)(H,30,33). The first-order valence-electron chi connectivity index (χ1n) is 9.38. The van der Waals surface area contributed by atoms with Crippen LogP contribution in [0.2, 0.25) is 0 Å². The summed E-state index contributed by atoms with van der Waals surface area (Å²) in [6.45, 7) is 0.828. The maximum atomic E-state index is 13.0. The van der Waals surface area contributed by atoms with Crippen molar-refractivity contribution < 1.29 is 31.1 Å². The fourth-order valence-corrected chi connectivity index (χ4v) is 2.52. The molecular weight excluding hydrogens is 454 g/mol. The first-order valence-corrected chi connectivity index (χ1v) is 9.38. The number of benzene rings is 2. The normalized spacial score (nSPS) is 13.2. The van der Waals surface area contributed by atoms with E-state index in [-0.39, 0.29) is 17.8 Å². The van der Waals surface area contributed by atoms with Crippen LogP contribution in [0.4, 0.5) is 26.3 Å². The molecule has 0 saturated carbocycles. The molecule has 0 saturated heterocycles. The van der Waals surface area contributed by atoms with Crippen molar-refractivity contribution in [3.05, 3.63) is 70.3 Å². The SMILES string of the molecule is NCCCNC(=O)c1ccc(/C(N)=N/N=C(\N)c2cc(C(F)(F)F)cc(C(F)(F)F)c2)cc1. The van der Waals surface area contributed by atoms with Gasteiger partial charge in [-0.3, -0.25) is 4.79 Å². The molecule has 2 aromatic rings. The van der Waals surface area contributed by atoms with Gasteiger partial charge < -0.3 is 22.5 Å². The van der Waals surface area contributed by atoms with Crippen molar-refractivity contribution in [3.63, 3.8) is 0 Å². The van der Waals surface area contributed by atoms with Gasteiger partial charge in [-0.05, 0) is 43.3 Å². The molecule has 0 unspecified atom stereocenters. The van der Waals surface area contributed by atoms with E-state index in [0.717, 1.165) is 0 Å². The monoisotopic (exact) mass is 474 g/mol. The lowest BCUT2D eigenvalue weighted by molar-refractivity contribution is -0.143. The molecule has 0 atom stereocenters. The van der Waals surface area contributed by atoms with Gasteiger partial charge in [0, 0.05) is 23.2 Å². The van der Waals surface area contributed by atoms with E-state index in [1.54, 1.807) is 0 Å². The highest BCUT2D eigenvalue weighted by Gasteiger charge is 2.37. The summed E-state index contributed by atoms with van der Waals surface area (Å²) in [5.41, 5.74) is 13.6. The Labute approximate surface area is 184 Å². The van der Waals surface area contributed by atoms with E-state index in [1.165, 1.54) is 24.3 Å². The highest BCUT2D eigenvalue weighted by Crippen LogP contribution is 2.36. The van der Waals surface area contributed by atoms with Gasteiger partial charge in [-0.15, -0.1) is 10.2 Å². The second-order valence-electron chi connectivity index (χ2n) is 6.74. The van der Waals surface area contributed by atoms with Crippen LogP contribution in [0.5, 0.6) is 0 Å². The number of carbonyl (C=O) groups excluding carboxylic acids is 1. The van der Waals surface area contributed by atoms with Crippen molar-refractivity contribution in [1.29, 1.82) is 0 Å². The number of nitrogens with one attached hydrogen (secondary N) is 1. The second kappa shape index (κ2) is 10.3. The van der Waals surface area contributed by atoms with Crippen LogP contribution in [-0.2, 0) is 12.4 Å². The smallest absolute Gasteiger partial charge is 0.382 e. The Morgan fingerprint density at radius 2 is 1.24 bits per heavy atom. The summed E-state index contributed by atoms with van der Waals surface area (Å²) in [7, 11) is 0. The lowest BCUT2D eigenvalue weighted by Gasteiger charge is -2.13. The predicted octanol–water partition coefficient (Wildman–Crippen LogP) is 2.83. The van der Waals surface area contributed by atoms with Gasteiger partial charge in [0.2, 0.25) is 0 Å². The number of nitrogens with two attached hydrogens (primary N) is 3. The quantitative estimate of drug-likeness (QED) is 0.162. The Morgan fingerprint density at radius 1 is 0.788 bits per heavy atom. The minimum Gasteiger partial charge on any atom is -0.382 e. The summed E-state index contributed by atoms with van der Waals surface area (Å²) in [6, 6.07) is 6.61. The first-order chi connectivity index (χ1) is 15.3. The first kappa shape index (κ1) is 25.6. The number of rotatable bonds is 7. The largest absolute Gasteiger partial charge is 0.416 e. The van der Waals surface area contributed by atoms with Gasteiger partial charge in [0.25, 0.3) is 5.91 Å². The van der Waals surface area contributed by atoms with Crippen LogP contribution in [0, 0.1) is 0 Å². The zero-order valence-electron chi connectivity index (χ0n) is 17.0. The summed E-state index contributed by atoms with van der Waals surface area (Å²) in [4.78, 5) is 12.0. The number of hydrogen-bond acceptors (Lipinski definition) is 4. The molecule has 0 aliphatic heterocycles. The lowest BCUT2D eigenvalue weighted by atomic mass is 10.0. The van der Waals surface area contributed by atoms with Crippen molar-refractivity contribution in [1.82, 2.24) is 5.32 Å². The number of alkyl halides is 6. The average Bonchev–Trinajstić information content (AvgIpc) is 2.76. The molecule has 0 aliphatic carbocycles. The van der Waals surface area contributed by atoms with Crippen LogP contribution in [0.1, 0.15) is 39.0 Å². The number of halogens is 6. The highest BCUT2D eigenvalue weighted by molar-refractivity contribution is 6.01. The topological polar surface area (TPSA) is 132 Å². The molecule has 0 aliphatic rings. The summed E-state index contributed by atoms with van der Waals surface area (Å²) < 4.78 is 77.9. The fraction of sp³-hybridized carbons (Fsp3) is 0.250. The lowest BCUT2D eigenvalue weighted by Crippen LogP contribution is -2.26. The molecule has 0 aromatic heterocycles. The fourth-order valence-electron chi connectivity index (χ4n) is 2.52. The minimum absolute atomic E-state index is 0.0257. The van der Waals surface area contributed by atoms with Gasteiger partial charge in [0.05, 0.1) is 11.1 Å². The van der Waals surface area contributed by atoms with Gasteiger partial charge >= 0.3 is 12.4 Å². The molecule has 2 aromatic carbocycles. The molecule has 1 amide bonds.